The lowest BCUT2D eigenvalue weighted by Gasteiger charge is -2.06. The predicted molar refractivity (Wildman–Crippen MR) is 85.5 cm³/mol. The number of anilines is 1. The van der Waals surface area contributed by atoms with Crippen LogP contribution < -0.4 is 10.5 Å². The summed E-state index contributed by atoms with van der Waals surface area (Å²) in [6.07, 6.45) is 0. The Balaban J connectivity index is 2.35. The Morgan fingerprint density at radius 1 is 1.18 bits per heavy atom. The van der Waals surface area contributed by atoms with Crippen LogP contribution in [-0.2, 0) is 10.1 Å². The summed E-state index contributed by atoms with van der Waals surface area (Å²) in [5.74, 6) is 0.440. The highest BCUT2D eigenvalue weighted by Crippen LogP contribution is 2.35. The van der Waals surface area contributed by atoms with Gasteiger partial charge in [0.1, 0.15) is 5.75 Å². The van der Waals surface area contributed by atoms with Crippen LogP contribution in [0.1, 0.15) is 0 Å². The van der Waals surface area contributed by atoms with Gasteiger partial charge in [0.05, 0.1) is 29.1 Å². The van der Waals surface area contributed by atoms with E-state index < -0.39 is 10.1 Å². The van der Waals surface area contributed by atoms with Crippen LogP contribution in [0.5, 0.6) is 5.75 Å². The van der Waals surface area contributed by atoms with Crippen molar-refractivity contribution in [2.75, 3.05) is 12.8 Å². The Morgan fingerprint density at radius 3 is 2.50 bits per heavy atom. The lowest BCUT2D eigenvalue weighted by molar-refractivity contribution is 0.417. The van der Waals surface area contributed by atoms with Gasteiger partial charge in [0, 0.05) is 10.5 Å². The molecule has 0 amide bonds. The number of hydrogen-bond acceptors (Lipinski definition) is 6. The molecule has 0 aromatic heterocycles. The van der Waals surface area contributed by atoms with E-state index in [-0.39, 0.29) is 10.6 Å². The van der Waals surface area contributed by atoms with Gasteiger partial charge < -0.3 is 10.5 Å². The number of benzene rings is 2. The molecule has 0 unspecified atom stereocenters. The van der Waals surface area contributed by atoms with Crippen LogP contribution in [0.15, 0.2) is 56.0 Å². The molecule has 9 heteroatoms. The van der Waals surface area contributed by atoms with Gasteiger partial charge in [0.15, 0.2) is 0 Å². The quantitative estimate of drug-likeness (QED) is 0.472. The van der Waals surface area contributed by atoms with Crippen molar-refractivity contribution in [2.24, 2.45) is 10.2 Å². The minimum Gasteiger partial charge on any atom is -0.494 e. The SMILES string of the molecule is COc1cc(/N=N/c2cccc(S(=O)(=O)O)c2)cc(Br)c1N. The summed E-state index contributed by atoms with van der Waals surface area (Å²) in [5, 5.41) is 7.92. The van der Waals surface area contributed by atoms with Gasteiger partial charge in [-0.15, -0.1) is 0 Å². The van der Waals surface area contributed by atoms with Crippen LogP contribution in [0, 0.1) is 0 Å². The molecule has 0 aliphatic heterocycles. The van der Waals surface area contributed by atoms with Crippen molar-refractivity contribution in [3.8, 4) is 5.75 Å². The molecule has 0 saturated carbocycles. The second kappa shape index (κ2) is 6.42. The number of halogens is 1. The van der Waals surface area contributed by atoms with Crippen molar-refractivity contribution < 1.29 is 17.7 Å². The molecule has 0 spiro atoms. The van der Waals surface area contributed by atoms with Crippen molar-refractivity contribution in [3.63, 3.8) is 0 Å². The summed E-state index contributed by atoms with van der Waals surface area (Å²) >= 11 is 3.28. The maximum atomic E-state index is 11.1. The van der Waals surface area contributed by atoms with Gasteiger partial charge in [-0.25, -0.2) is 0 Å². The van der Waals surface area contributed by atoms with Gasteiger partial charge in [-0.05, 0) is 40.2 Å². The standard InChI is InChI=1S/C13H12BrN3O4S/c1-21-12-7-9(6-11(14)13(12)15)17-16-8-3-2-4-10(5-8)22(18,19)20/h2-7H,15H2,1H3,(H,18,19,20)/b17-16+. The van der Waals surface area contributed by atoms with Gasteiger partial charge >= 0.3 is 0 Å². The second-order valence-corrected chi connectivity index (χ2v) is 6.49. The molecule has 3 N–H and O–H groups in total. The number of nitrogens with zero attached hydrogens (tertiary/aromatic N) is 2. The third-order valence-electron chi connectivity index (χ3n) is 2.69. The third kappa shape index (κ3) is 3.81. The maximum absolute atomic E-state index is 11.1. The van der Waals surface area contributed by atoms with Crippen LogP contribution in [0.3, 0.4) is 0 Å². The molecular formula is C13H12BrN3O4S. The molecule has 0 atom stereocenters. The van der Waals surface area contributed by atoms with Crippen LogP contribution in [0.4, 0.5) is 17.1 Å². The Hall–Kier alpha value is -1.97. The zero-order chi connectivity index (χ0) is 16.3. The predicted octanol–water partition coefficient (Wildman–Crippen LogP) is 3.70. The summed E-state index contributed by atoms with van der Waals surface area (Å²) in [7, 11) is -2.80. The van der Waals surface area contributed by atoms with E-state index >= 15 is 0 Å². The smallest absolute Gasteiger partial charge is 0.294 e. The van der Waals surface area contributed by atoms with E-state index in [0.717, 1.165) is 0 Å². The maximum Gasteiger partial charge on any atom is 0.294 e. The summed E-state index contributed by atoms with van der Waals surface area (Å²) in [5.41, 5.74) is 6.99. The number of nitrogens with two attached hydrogens (primary N) is 1. The fourth-order valence-electron chi connectivity index (χ4n) is 1.63. The second-order valence-electron chi connectivity index (χ2n) is 4.22. The Bertz CT molecular complexity index is 837. The van der Waals surface area contributed by atoms with Crippen LogP contribution >= 0.6 is 15.9 Å². The molecule has 0 radical (unpaired) electrons. The molecule has 0 bridgehead atoms. The normalized spacial score (nSPS) is 11.8. The Morgan fingerprint density at radius 2 is 1.86 bits per heavy atom. The lowest BCUT2D eigenvalue weighted by atomic mass is 10.2. The van der Waals surface area contributed by atoms with Crippen molar-refractivity contribution in [2.45, 2.75) is 4.90 Å². The van der Waals surface area contributed by atoms with Crippen LogP contribution in [-0.4, -0.2) is 20.1 Å². The molecule has 0 heterocycles. The van der Waals surface area contributed by atoms with Gasteiger partial charge in [0.25, 0.3) is 10.1 Å². The van der Waals surface area contributed by atoms with E-state index in [4.69, 9.17) is 15.0 Å². The molecule has 2 aromatic rings. The van der Waals surface area contributed by atoms with E-state index in [1.807, 2.05) is 0 Å². The molecule has 116 valence electrons. The zero-order valence-electron chi connectivity index (χ0n) is 11.4. The first-order valence-electron chi connectivity index (χ1n) is 5.93. The zero-order valence-corrected chi connectivity index (χ0v) is 13.8. The van der Waals surface area contributed by atoms with Crippen molar-refractivity contribution >= 4 is 43.1 Å². The molecule has 2 rings (SSSR count). The van der Waals surface area contributed by atoms with Crippen molar-refractivity contribution in [3.05, 3.63) is 40.9 Å². The van der Waals surface area contributed by atoms with E-state index in [9.17, 15) is 8.42 Å². The van der Waals surface area contributed by atoms with Crippen molar-refractivity contribution in [1.82, 2.24) is 0 Å². The Labute approximate surface area is 135 Å². The van der Waals surface area contributed by atoms with E-state index in [0.29, 0.717) is 21.6 Å². The highest BCUT2D eigenvalue weighted by molar-refractivity contribution is 9.10. The van der Waals surface area contributed by atoms with Crippen LogP contribution in [0.25, 0.3) is 0 Å². The van der Waals surface area contributed by atoms with Gasteiger partial charge in [-0.3, -0.25) is 4.55 Å². The lowest BCUT2D eigenvalue weighted by Crippen LogP contribution is -1.96. The average molecular weight is 386 g/mol. The summed E-state index contributed by atoms with van der Waals surface area (Å²) < 4.78 is 36.9. The van der Waals surface area contributed by atoms with E-state index in [1.165, 1.54) is 25.3 Å². The minimum absolute atomic E-state index is 0.250. The molecule has 7 nitrogen and oxygen atoms in total. The fraction of sp³-hybridized carbons (Fsp3) is 0.0769. The number of rotatable bonds is 4. The van der Waals surface area contributed by atoms with Gasteiger partial charge in [0.2, 0.25) is 0 Å². The summed E-state index contributed by atoms with van der Waals surface area (Å²) in [6, 6.07) is 8.72. The minimum atomic E-state index is -4.28. The number of nitrogen functional groups attached to an aromatic ring is 1. The monoisotopic (exact) mass is 385 g/mol. The van der Waals surface area contributed by atoms with Gasteiger partial charge in [-0.1, -0.05) is 6.07 Å². The van der Waals surface area contributed by atoms with Gasteiger partial charge in [-0.2, -0.15) is 18.6 Å². The average Bonchev–Trinajstić information content (AvgIpc) is 2.47. The molecule has 2 aromatic carbocycles. The number of hydrogen-bond donors (Lipinski definition) is 2. The third-order valence-corrected chi connectivity index (χ3v) is 4.20. The molecule has 22 heavy (non-hydrogen) atoms. The highest BCUT2D eigenvalue weighted by atomic mass is 79.9. The largest absolute Gasteiger partial charge is 0.494 e. The van der Waals surface area contributed by atoms with E-state index in [2.05, 4.69) is 26.2 Å². The van der Waals surface area contributed by atoms with Crippen molar-refractivity contribution in [1.29, 1.82) is 0 Å². The highest BCUT2D eigenvalue weighted by Gasteiger charge is 2.10. The first-order chi connectivity index (χ1) is 10.3. The molecule has 0 saturated heterocycles. The Kier molecular flexibility index (Phi) is 4.79. The molecule has 0 aliphatic rings. The number of methoxy groups -OCH3 is 1. The first-order valence-corrected chi connectivity index (χ1v) is 8.17. The van der Waals surface area contributed by atoms with E-state index in [1.54, 1.807) is 18.2 Å². The first kappa shape index (κ1) is 16.4. The number of ether oxygens (including phenoxy) is 1. The number of azo groups is 1. The topological polar surface area (TPSA) is 114 Å². The molecule has 0 aliphatic carbocycles. The summed E-state index contributed by atoms with van der Waals surface area (Å²) in [4.78, 5) is -0.250. The van der Waals surface area contributed by atoms with Crippen LogP contribution in [0.2, 0.25) is 0 Å². The fourth-order valence-corrected chi connectivity index (χ4v) is 2.58. The molecular weight excluding hydrogens is 374 g/mol. The molecule has 0 fully saturated rings. The summed E-state index contributed by atoms with van der Waals surface area (Å²) in [6.45, 7) is 0.